The van der Waals surface area contributed by atoms with Gasteiger partial charge in [-0.15, -0.1) is 0 Å². The van der Waals surface area contributed by atoms with Crippen molar-refractivity contribution in [2.75, 3.05) is 18.0 Å². The third kappa shape index (κ3) is 1.99. The molecule has 0 amide bonds. The first-order chi connectivity index (χ1) is 10.2. The summed E-state index contributed by atoms with van der Waals surface area (Å²) in [5.41, 5.74) is 1.70. The smallest absolute Gasteiger partial charge is 0.143 e. The number of aromatic amines is 1. The molecule has 108 valence electrons. The normalized spacial score (nSPS) is 16.9. The van der Waals surface area contributed by atoms with Crippen LogP contribution in [0.5, 0.6) is 5.75 Å². The number of aliphatic hydroxyl groups is 1. The van der Waals surface area contributed by atoms with E-state index in [0.29, 0.717) is 0 Å². The zero-order valence-electron chi connectivity index (χ0n) is 11.5. The van der Waals surface area contributed by atoms with Crippen LogP contribution in [0.25, 0.3) is 21.9 Å². The van der Waals surface area contributed by atoms with Crippen molar-refractivity contribution < 1.29 is 10.2 Å². The first-order valence-corrected chi connectivity index (χ1v) is 7.11. The van der Waals surface area contributed by atoms with Gasteiger partial charge >= 0.3 is 0 Å². The van der Waals surface area contributed by atoms with E-state index in [1.165, 1.54) is 0 Å². The van der Waals surface area contributed by atoms with Gasteiger partial charge in [0, 0.05) is 24.0 Å². The molecular formula is C15H16N4O2. The molecule has 0 saturated carbocycles. The summed E-state index contributed by atoms with van der Waals surface area (Å²) in [6.07, 6.45) is 2.83. The van der Waals surface area contributed by atoms with Crippen LogP contribution in [0.3, 0.4) is 0 Å². The molecule has 3 N–H and O–H groups in total. The first kappa shape index (κ1) is 12.4. The van der Waals surface area contributed by atoms with E-state index in [0.717, 1.165) is 53.7 Å². The van der Waals surface area contributed by atoms with Gasteiger partial charge in [0.15, 0.2) is 0 Å². The number of rotatable bonds is 1. The van der Waals surface area contributed by atoms with Crippen LogP contribution in [0, 0.1) is 0 Å². The van der Waals surface area contributed by atoms with Crippen LogP contribution in [0.2, 0.25) is 0 Å². The zero-order chi connectivity index (χ0) is 14.4. The van der Waals surface area contributed by atoms with Crippen molar-refractivity contribution in [3.8, 4) is 5.75 Å². The monoisotopic (exact) mass is 284 g/mol. The minimum atomic E-state index is -0.217. The number of hydrogen-bond acceptors (Lipinski definition) is 5. The molecule has 0 aliphatic carbocycles. The summed E-state index contributed by atoms with van der Waals surface area (Å²) in [4.78, 5) is 14.2. The topological polar surface area (TPSA) is 85.3 Å². The van der Waals surface area contributed by atoms with Gasteiger partial charge in [0.2, 0.25) is 0 Å². The molecule has 6 nitrogen and oxygen atoms in total. The molecule has 6 heteroatoms. The molecule has 0 unspecified atom stereocenters. The lowest BCUT2D eigenvalue weighted by molar-refractivity contribution is 0.145. The number of nitrogens with zero attached hydrogens (tertiary/aromatic N) is 3. The number of nitrogens with one attached hydrogen (secondary N) is 1. The number of aromatic hydroxyl groups is 1. The van der Waals surface area contributed by atoms with Crippen molar-refractivity contribution in [1.82, 2.24) is 15.0 Å². The van der Waals surface area contributed by atoms with Gasteiger partial charge in [0.1, 0.15) is 23.5 Å². The Bertz CT molecular complexity index is 806. The summed E-state index contributed by atoms with van der Waals surface area (Å²) in [7, 11) is 0. The Morgan fingerprint density at radius 2 is 2.00 bits per heavy atom. The van der Waals surface area contributed by atoms with Crippen LogP contribution in [0.1, 0.15) is 12.8 Å². The second-order valence-electron chi connectivity index (χ2n) is 5.49. The minimum Gasteiger partial charge on any atom is -0.508 e. The number of benzene rings is 1. The molecule has 1 saturated heterocycles. The highest BCUT2D eigenvalue weighted by Crippen LogP contribution is 2.33. The Labute approximate surface area is 121 Å². The lowest BCUT2D eigenvalue weighted by Gasteiger charge is -2.30. The maximum absolute atomic E-state index is 9.74. The van der Waals surface area contributed by atoms with Gasteiger partial charge in [0.05, 0.1) is 11.5 Å². The summed E-state index contributed by atoms with van der Waals surface area (Å²) >= 11 is 0. The average molecular weight is 284 g/mol. The molecule has 1 aromatic carbocycles. The lowest BCUT2D eigenvalue weighted by atomic mass is 10.1. The molecule has 2 aromatic heterocycles. The average Bonchev–Trinajstić information content (AvgIpc) is 2.86. The molecule has 4 rings (SSSR count). The molecule has 0 bridgehead atoms. The van der Waals surface area contributed by atoms with E-state index in [1.54, 1.807) is 18.5 Å². The van der Waals surface area contributed by atoms with Gasteiger partial charge in [-0.3, -0.25) is 0 Å². The molecular weight excluding hydrogens is 268 g/mol. The van der Waals surface area contributed by atoms with E-state index < -0.39 is 0 Å². The van der Waals surface area contributed by atoms with Crippen molar-refractivity contribution in [3.05, 3.63) is 24.5 Å². The highest BCUT2D eigenvalue weighted by atomic mass is 16.3. The maximum Gasteiger partial charge on any atom is 0.143 e. The maximum atomic E-state index is 9.74. The quantitative estimate of drug-likeness (QED) is 0.634. The molecule has 0 spiro atoms. The molecule has 21 heavy (non-hydrogen) atoms. The third-order valence-electron chi connectivity index (χ3n) is 4.12. The van der Waals surface area contributed by atoms with E-state index in [9.17, 15) is 10.2 Å². The van der Waals surface area contributed by atoms with E-state index in [2.05, 4.69) is 19.9 Å². The Hall–Kier alpha value is -2.34. The highest BCUT2D eigenvalue weighted by Gasteiger charge is 2.21. The fourth-order valence-corrected chi connectivity index (χ4v) is 3.01. The standard InChI is InChI=1S/C15H16N4O2/c20-9-3-5-19(6-4-9)15-13-11-7-10(21)1-2-12(11)18-14(13)16-8-17-15/h1-2,7-9,20-21H,3-6H2,(H,16,17,18). The van der Waals surface area contributed by atoms with Gasteiger partial charge < -0.3 is 20.1 Å². The van der Waals surface area contributed by atoms with E-state index in [4.69, 9.17) is 0 Å². The van der Waals surface area contributed by atoms with Crippen molar-refractivity contribution in [3.63, 3.8) is 0 Å². The number of fused-ring (bicyclic) bond motifs is 3. The first-order valence-electron chi connectivity index (χ1n) is 7.11. The van der Waals surface area contributed by atoms with E-state index in [-0.39, 0.29) is 11.9 Å². The molecule has 3 aromatic rings. The highest BCUT2D eigenvalue weighted by molar-refractivity contribution is 6.11. The lowest BCUT2D eigenvalue weighted by Crippen LogP contribution is -2.36. The number of phenolic OH excluding ortho intramolecular Hbond substituents is 1. The van der Waals surface area contributed by atoms with E-state index >= 15 is 0 Å². The van der Waals surface area contributed by atoms with Gasteiger partial charge in [-0.1, -0.05) is 0 Å². The van der Waals surface area contributed by atoms with Crippen LogP contribution in [0.4, 0.5) is 5.82 Å². The predicted octanol–water partition coefficient (Wildman–Crippen LogP) is 1.78. The van der Waals surface area contributed by atoms with Crippen molar-refractivity contribution in [1.29, 1.82) is 0 Å². The number of piperidine rings is 1. The summed E-state index contributed by atoms with van der Waals surface area (Å²) < 4.78 is 0. The zero-order valence-corrected chi connectivity index (χ0v) is 11.5. The van der Waals surface area contributed by atoms with Gasteiger partial charge in [-0.05, 0) is 31.0 Å². The van der Waals surface area contributed by atoms with Gasteiger partial charge in [-0.2, -0.15) is 0 Å². The molecule has 1 aliphatic heterocycles. The van der Waals surface area contributed by atoms with Crippen LogP contribution >= 0.6 is 0 Å². The minimum absolute atomic E-state index is 0.217. The molecule has 0 atom stereocenters. The van der Waals surface area contributed by atoms with Crippen LogP contribution in [0.15, 0.2) is 24.5 Å². The molecule has 1 aliphatic rings. The van der Waals surface area contributed by atoms with Gasteiger partial charge in [-0.25, -0.2) is 9.97 Å². The van der Waals surface area contributed by atoms with Crippen LogP contribution in [-0.2, 0) is 0 Å². The summed E-state index contributed by atoms with van der Waals surface area (Å²) in [6, 6.07) is 5.23. The predicted molar refractivity (Wildman–Crippen MR) is 80.5 cm³/mol. The Morgan fingerprint density at radius 3 is 2.81 bits per heavy atom. The number of aromatic nitrogens is 3. The fourth-order valence-electron chi connectivity index (χ4n) is 3.01. The number of hydrogen-bond donors (Lipinski definition) is 3. The van der Waals surface area contributed by atoms with Crippen molar-refractivity contribution in [2.45, 2.75) is 18.9 Å². The largest absolute Gasteiger partial charge is 0.508 e. The van der Waals surface area contributed by atoms with Crippen molar-refractivity contribution >= 4 is 27.8 Å². The Kier molecular flexibility index (Phi) is 2.71. The molecule has 1 fully saturated rings. The molecule has 0 radical (unpaired) electrons. The summed E-state index contributed by atoms with van der Waals surface area (Å²) in [5.74, 6) is 1.09. The summed E-state index contributed by atoms with van der Waals surface area (Å²) in [5, 5.41) is 21.3. The number of H-pyrrole nitrogens is 1. The van der Waals surface area contributed by atoms with Crippen LogP contribution < -0.4 is 4.90 Å². The summed E-state index contributed by atoms with van der Waals surface area (Å²) in [6.45, 7) is 1.55. The Morgan fingerprint density at radius 1 is 1.19 bits per heavy atom. The third-order valence-corrected chi connectivity index (χ3v) is 4.12. The van der Waals surface area contributed by atoms with Crippen LogP contribution in [-0.4, -0.2) is 44.4 Å². The van der Waals surface area contributed by atoms with Crippen molar-refractivity contribution in [2.24, 2.45) is 0 Å². The number of anilines is 1. The molecule has 3 heterocycles. The fraction of sp³-hybridized carbons (Fsp3) is 0.333. The SMILES string of the molecule is Oc1ccc2[nH]c3ncnc(N4CCC(O)CC4)c3c2c1. The van der Waals surface area contributed by atoms with E-state index in [1.807, 2.05) is 6.07 Å². The second-order valence-corrected chi connectivity index (χ2v) is 5.49. The number of phenols is 1. The number of aliphatic hydroxyl groups excluding tert-OH is 1. The Balaban J connectivity index is 1.92. The van der Waals surface area contributed by atoms with Gasteiger partial charge in [0.25, 0.3) is 0 Å². The second kappa shape index (κ2) is 4.60.